The standard InChI is InChI=1S/C14H18ClN3O2/c1-14(6-3-7-17-14)13(20)18-9-4-5-11(15)10(8-9)12(19)16-2/h4-5,8,17H,3,6-7H2,1-2H3,(H,16,19)(H,18,20). The molecule has 3 N–H and O–H groups in total. The van der Waals surface area contributed by atoms with Gasteiger partial charge in [-0.3, -0.25) is 9.59 Å². The van der Waals surface area contributed by atoms with E-state index in [9.17, 15) is 9.59 Å². The molecule has 6 heteroatoms. The highest BCUT2D eigenvalue weighted by Gasteiger charge is 2.35. The van der Waals surface area contributed by atoms with E-state index in [2.05, 4.69) is 16.0 Å². The average molecular weight is 296 g/mol. The summed E-state index contributed by atoms with van der Waals surface area (Å²) < 4.78 is 0. The van der Waals surface area contributed by atoms with Gasteiger partial charge >= 0.3 is 0 Å². The summed E-state index contributed by atoms with van der Waals surface area (Å²) in [5.41, 5.74) is 0.358. The van der Waals surface area contributed by atoms with Crippen molar-refractivity contribution >= 4 is 29.1 Å². The molecule has 1 atom stereocenters. The molecule has 0 radical (unpaired) electrons. The normalized spacial score (nSPS) is 21.6. The number of benzene rings is 1. The number of hydrogen-bond acceptors (Lipinski definition) is 3. The summed E-state index contributed by atoms with van der Waals surface area (Å²) in [6, 6.07) is 4.87. The van der Waals surface area contributed by atoms with Crippen LogP contribution in [0.2, 0.25) is 5.02 Å². The first-order valence-electron chi connectivity index (χ1n) is 6.54. The summed E-state index contributed by atoms with van der Waals surface area (Å²) in [6.07, 6.45) is 1.78. The monoisotopic (exact) mass is 295 g/mol. The Balaban J connectivity index is 2.17. The van der Waals surface area contributed by atoms with Crippen molar-refractivity contribution in [2.24, 2.45) is 0 Å². The third-order valence-electron chi connectivity index (χ3n) is 3.57. The predicted octanol–water partition coefficient (Wildman–Crippen LogP) is 1.78. The minimum absolute atomic E-state index is 0.0971. The molecule has 1 fully saturated rings. The van der Waals surface area contributed by atoms with Gasteiger partial charge in [0.2, 0.25) is 5.91 Å². The molecule has 1 aliphatic heterocycles. The lowest BCUT2D eigenvalue weighted by atomic mass is 9.99. The van der Waals surface area contributed by atoms with Gasteiger partial charge in [0, 0.05) is 12.7 Å². The second-order valence-electron chi connectivity index (χ2n) is 5.09. The molecule has 1 aromatic rings. The molecule has 1 aromatic carbocycles. The number of carbonyl (C=O) groups excluding carboxylic acids is 2. The molecule has 0 bridgehead atoms. The molecule has 0 spiro atoms. The fourth-order valence-corrected chi connectivity index (χ4v) is 2.47. The fourth-order valence-electron chi connectivity index (χ4n) is 2.27. The lowest BCUT2D eigenvalue weighted by Crippen LogP contribution is -2.47. The van der Waals surface area contributed by atoms with Crippen molar-refractivity contribution in [3.63, 3.8) is 0 Å². The van der Waals surface area contributed by atoms with E-state index >= 15 is 0 Å². The van der Waals surface area contributed by atoms with Crippen LogP contribution in [0.4, 0.5) is 5.69 Å². The number of carbonyl (C=O) groups is 2. The smallest absolute Gasteiger partial charge is 0.252 e. The van der Waals surface area contributed by atoms with Crippen LogP contribution in [0.15, 0.2) is 18.2 Å². The molecular weight excluding hydrogens is 278 g/mol. The van der Waals surface area contributed by atoms with E-state index in [1.807, 2.05) is 6.92 Å². The van der Waals surface area contributed by atoms with Gasteiger partial charge in [-0.1, -0.05) is 11.6 Å². The zero-order valence-electron chi connectivity index (χ0n) is 11.5. The summed E-state index contributed by atoms with van der Waals surface area (Å²) in [5.74, 6) is -0.378. The first-order valence-corrected chi connectivity index (χ1v) is 6.92. The minimum Gasteiger partial charge on any atom is -0.355 e. The van der Waals surface area contributed by atoms with Gasteiger partial charge in [0.15, 0.2) is 0 Å². The van der Waals surface area contributed by atoms with Gasteiger partial charge in [0.25, 0.3) is 5.91 Å². The summed E-state index contributed by atoms with van der Waals surface area (Å²) >= 11 is 5.97. The molecule has 0 aliphatic carbocycles. The second kappa shape index (κ2) is 5.81. The summed E-state index contributed by atoms with van der Waals surface area (Å²) in [5, 5.41) is 8.90. The van der Waals surface area contributed by atoms with Crippen molar-refractivity contribution in [1.82, 2.24) is 10.6 Å². The van der Waals surface area contributed by atoms with Gasteiger partial charge in [-0.2, -0.15) is 0 Å². The van der Waals surface area contributed by atoms with E-state index in [4.69, 9.17) is 11.6 Å². The fraction of sp³-hybridized carbons (Fsp3) is 0.429. The van der Waals surface area contributed by atoms with Crippen LogP contribution in [0, 0.1) is 0 Å². The minimum atomic E-state index is -0.549. The first kappa shape index (κ1) is 14.8. The molecular formula is C14H18ClN3O2. The number of halogens is 1. The number of rotatable bonds is 3. The predicted molar refractivity (Wildman–Crippen MR) is 79.1 cm³/mol. The molecule has 1 saturated heterocycles. The third kappa shape index (κ3) is 2.94. The van der Waals surface area contributed by atoms with E-state index in [-0.39, 0.29) is 11.8 Å². The molecule has 1 aliphatic rings. The SMILES string of the molecule is CNC(=O)c1cc(NC(=O)C2(C)CCCN2)ccc1Cl. The van der Waals surface area contributed by atoms with Gasteiger partial charge < -0.3 is 16.0 Å². The van der Waals surface area contributed by atoms with E-state index in [0.29, 0.717) is 16.3 Å². The number of hydrogen-bond donors (Lipinski definition) is 3. The van der Waals surface area contributed by atoms with Gasteiger partial charge in [-0.15, -0.1) is 0 Å². The largest absolute Gasteiger partial charge is 0.355 e. The zero-order valence-corrected chi connectivity index (χ0v) is 12.3. The summed E-state index contributed by atoms with van der Waals surface area (Å²) in [4.78, 5) is 23.9. The van der Waals surface area contributed by atoms with Crippen molar-refractivity contribution in [2.75, 3.05) is 18.9 Å². The van der Waals surface area contributed by atoms with Crippen molar-refractivity contribution in [1.29, 1.82) is 0 Å². The zero-order chi connectivity index (χ0) is 14.8. The van der Waals surface area contributed by atoms with Gasteiger partial charge in [-0.25, -0.2) is 0 Å². The Kier molecular flexibility index (Phi) is 4.30. The summed E-state index contributed by atoms with van der Waals surface area (Å²) in [7, 11) is 1.54. The molecule has 0 saturated carbocycles. The molecule has 0 aromatic heterocycles. The third-order valence-corrected chi connectivity index (χ3v) is 3.90. The first-order chi connectivity index (χ1) is 9.46. The van der Waals surface area contributed by atoms with Crippen molar-refractivity contribution < 1.29 is 9.59 Å². The molecule has 108 valence electrons. The van der Waals surface area contributed by atoms with Crippen LogP contribution in [0.1, 0.15) is 30.1 Å². The quantitative estimate of drug-likeness (QED) is 0.796. The van der Waals surface area contributed by atoms with Crippen molar-refractivity contribution in [3.05, 3.63) is 28.8 Å². The Morgan fingerprint density at radius 2 is 2.15 bits per heavy atom. The van der Waals surface area contributed by atoms with E-state index in [1.54, 1.807) is 18.2 Å². The number of anilines is 1. The highest BCUT2D eigenvalue weighted by molar-refractivity contribution is 6.34. The Bertz CT molecular complexity index is 539. The van der Waals surface area contributed by atoms with Crippen LogP contribution in [0.3, 0.4) is 0 Å². The van der Waals surface area contributed by atoms with Crippen molar-refractivity contribution in [3.8, 4) is 0 Å². The van der Waals surface area contributed by atoms with Crippen LogP contribution in [-0.2, 0) is 4.79 Å². The van der Waals surface area contributed by atoms with Gasteiger partial charge in [-0.05, 0) is 44.5 Å². The van der Waals surface area contributed by atoms with Crippen LogP contribution in [0.25, 0.3) is 0 Å². The maximum Gasteiger partial charge on any atom is 0.252 e. The Labute approximate surface area is 123 Å². The van der Waals surface area contributed by atoms with Crippen LogP contribution < -0.4 is 16.0 Å². The Morgan fingerprint density at radius 1 is 1.40 bits per heavy atom. The molecule has 1 unspecified atom stereocenters. The Hall–Kier alpha value is -1.59. The van der Waals surface area contributed by atoms with Crippen LogP contribution in [0.5, 0.6) is 0 Å². The lowest BCUT2D eigenvalue weighted by molar-refractivity contribution is -0.121. The summed E-state index contributed by atoms with van der Waals surface area (Å²) in [6.45, 7) is 2.72. The highest BCUT2D eigenvalue weighted by Crippen LogP contribution is 2.24. The molecule has 20 heavy (non-hydrogen) atoms. The average Bonchev–Trinajstić information content (AvgIpc) is 2.88. The molecule has 2 amide bonds. The van der Waals surface area contributed by atoms with Gasteiger partial charge in [0.1, 0.15) is 0 Å². The van der Waals surface area contributed by atoms with Crippen molar-refractivity contribution in [2.45, 2.75) is 25.3 Å². The maximum atomic E-state index is 12.3. The molecule has 1 heterocycles. The second-order valence-corrected chi connectivity index (χ2v) is 5.50. The van der Waals surface area contributed by atoms with E-state index in [0.717, 1.165) is 19.4 Å². The van der Waals surface area contributed by atoms with Gasteiger partial charge in [0.05, 0.1) is 16.1 Å². The van der Waals surface area contributed by atoms with Crippen LogP contribution in [-0.4, -0.2) is 30.9 Å². The highest BCUT2D eigenvalue weighted by atomic mass is 35.5. The molecule has 5 nitrogen and oxygen atoms in total. The Morgan fingerprint density at radius 3 is 2.75 bits per heavy atom. The number of nitrogens with one attached hydrogen (secondary N) is 3. The number of amides is 2. The van der Waals surface area contributed by atoms with Crippen LogP contribution >= 0.6 is 11.6 Å². The lowest BCUT2D eigenvalue weighted by Gasteiger charge is -2.23. The topological polar surface area (TPSA) is 70.2 Å². The van der Waals surface area contributed by atoms with E-state index in [1.165, 1.54) is 7.05 Å². The maximum absolute atomic E-state index is 12.3. The van der Waals surface area contributed by atoms with E-state index < -0.39 is 5.54 Å². The molecule has 2 rings (SSSR count).